The first-order valence-electron chi connectivity index (χ1n) is 5.82. The molecule has 112 valence electrons. The monoisotopic (exact) mass is 365 g/mol. The Balaban J connectivity index is 2.11. The summed E-state index contributed by atoms with van der Waals surface area (Å²) in [5.74, 6) is -1.92. The molecule has 0 aliphatic carbocycles. The van der Waals surface area contributed by atoms with E-state index in [4.69, 9.17) is 0 Å². The molecule has 21 heavy (non-hydrogen) atoms. The van der Waals surface area contributed by atoms with Crippen molar-refractivity contribution in [3.05, 3.63) is 63.6 Å². The molecule has 2 aromatic carbocycles. The van der Waals surface area contributed by atoms with Crippen molar-refractivity contribution >= 4 is 21.6 Å². The molecule has 0 fully saturated rings. The van der Waals surface area contributed by atoms with Gasteiger partial charge in [0.2, 0.25) is 0 Å². The summed E-state index contributed by atoms with van der Waals surface area (Å²) in [7, 11) is 0. The van der Waals surface area contributed by atoms with Crippen LogP contribution in [0.3, 0.4) is 0 Å². The van der Waals surface area contributed by atoms with Crippen LogP contribution in [0.4, 0.5) is 27.6 Å². The molecule has 1 nitrogen and oxygen atoms in total. The highest BCUT2D eigenvalue weighted by molar-refractivity contribution is 9.10. The lowest BCUT2D eigenvalue weighted by Gasteiger charge is -2.12. The molecule has 2 aromatic rings. The minimum Gasteiger partial charge on any atom is -0.380 e. The van der Waals surface area contributed by atoms with Crippen molar-refractivity contribution in [2.24, 2.45) is 0 Å². The standard InChI is InChI=1S/C14H9BrF5N/c15-10-6-9(14(18,19)20)2-4-13(10)21-7-8-1-3-11(16)12(17)5-8/h1-6,21H,7H2. The summed E-state index contributed by atoms with van der Waals surface area (Å²) in [5, 5.41) is 2.85. The van der Waals surface area contributed by atoms with Crippen molar-refractivity contribution in [3.63, 3.8) is 0 Å². The highest BCUT2D eigenvalue weighted by Crippen LogP contribution is 2.34. The molecule has 7 heteroatoms. The highest BCUT2D eigenvalue weighted by atomic mass is 79.9. The smallest absolute Gasteiger partial charge is 0.380 e. The molecule has 0 aliphatic heterocycles. The first kappa shape index (κ1) is 15.8. The zero-order valence-corrected chi connectivity index (χ0v) is 12.0. The number of anilines is 1. The van der Waals surface area contributed by atoms with Crippen molar-refractivity contribution in [1.82, 2.24) is 0 Å². The Morgan fingerprint density at radius 1 is 0.952 bits per heavy atom. The van der Waals surface area contributed by atoms with Crippen LogP contribution in [-0.4, -0.2) is 0 Å². The summed E-state index contributed by atoms with van der Waals surface area (Å²) in [5.41, 5.74) is 0.126. The van der Waals surface area contributed by atoms with Crippen LogP contribution in [0.25, 0.3) is 0 Å². The highest BCUT2D eigenvalue weighted by Gasteiger charge is 2.30. The van der Waals surface area contributed by atoms with Gasteiger partial charge < -0.3 is 5.32 Å². The predicted octanol–water partition coefficient (Wildman–Crippen LogP) is 5.36. The van der Waals surface area contributed by atoms with E-state index in [1.54, 1.807) is 0 Å². The fraction of sp³-hybridized carbons (Fsp3) is 0.143. The van der Waals surface area contributed by atoms with E-state index in [2.05, 4.69) is 21.2 Å². The second-order valence-electron chi connectivity index (χ2n) is 4.29. The summed E-state index contributed by atoms with van der Waals surface area (Å²) in [6.45, 7) is 0.154. The van der Waals surface area contributed by atoms with Crippen LogP contribution in [0.2, 0.25) is 0 Å². The van der Waals surface area contributed by atoms with Crippen LogP contribution in [0, 0.1) is 11.6 Å². The average molecular weight is 366 g/mol. The largest absolute Gasteiger partial charge is 0.416 e. The van der Waals surface area contributed by atoms with Gasteiger partial charge in [-0.15, -0.1) is 0 Å². The maximum absolute atomic E-state index is 13.0. The van der Waals surface area contributed by atoms with Gasteiger partial charge in [-0.25, -0.2) is 8.78 Å². The molecule has 0 amide bonds. The van der Waals surface area contributed by atoms with Gasteiger partial charge in [-0.1, -0.05) is 6.07 Å². The fourth-order valence-electron chi connectivity index (χ4n) is 1.68. The zero-order valence-electron chi connectivity index (χ0n) is 10.4. The summed E-state index contributed by atoms with van der Waals surface area (Å²) in [6.07, 6.45) is -4.42. The fourth-order valence-corrected chi connectivity index (χ4v) is 2.20. The van der Waals surface area contributed by atoms with Gasteiger partial charge in [0.25, 0.3) is 0 Å². The lowest BCUT2D eigenvalue weighted by molar-refractivity contribution is -0.137. The van der Waals surface area contributed by atoms with E-state index in [1.807, 2.05) is 0 Å². The minimum atomic E-state index is -4.42. The Kier molecular flexibility index (Phi) is 4.51. The number of nitrogens with one attached hydrogen (secondary N) is 1. The van der Waals surface area contributed by atoms with Gasteiger partial charge in [-0.2, -0.15) is 13.2 Å². The quantitative estimate of drug-likeness (QED) is 0.722. The molecule has 0 bridgehead atoms. The first-order valence-corrected chi connectivity index (χ1v) is 6.61. The molecular weight excluding hydrogens is 357 g/mol. The minimum absolute atomic E-state index is 0.154. The van der Waals surface area contributed by atoms with Crippen LogP contribution < -0.4 is 5.32 Å². The van der Waals surface area contributed by atoms with E-state index in [-0.39, 0.29) is 11.0 Å². The zero-order chi connectivity index (χ0) is 15.6. The summed E-state index contributed by atoms with van der Waals surface area (Å²) in [4.78, 5) is 0. The van der Waals surface area contributed by atoms with E-state index in [9.17, 15) is 22.0 Å². The maximum atomic E-state index is 13.0. The number of rotatable bonds is 3. The molecule has 0 radical (unpaired) electrons. The van der Waals surface area contributed by atoms with E-state index >= 15 is 0 Å². The summed E-state index contributed by atoms with van der Waals surface area (Å²) < 4.78 is 63.6. The number of halogens is 6. The lowest BCUT2D eigenvalue weighted by Crippen LogP contribution is -2.06. The van der Waals surface area contributed by atoms with Crippen molar-refractivity contribution in [2.75, 3.05) is 5.32 Å². The van der Waals surface area contributed by atoms with Crippen LogP contribution in [-0.2, 0) is 12.7 Å². The van der Waals surface area contributed by atoms with Gasteiger partial charge in [-0.3, -0.25) is 0 Å². The van der Waals surface area contributed by atoms with E-state index in [1.165, 1.54) is 12.1 Å². The van der Waals surface area contributed by atoms with Gasteiger partial charge in [0.1, 0.15) is 0 Å². The Hall–Kier alpha value is -1.63. The third-order valence-electron chi connectivity index (χ3n) is 2.76. The topological polar surface area (TPSA) is 12.0 Å². The first-order chi connectivity index (χ1) is 9.77. The molecule has 0 saturated heterocycles. The molecule has 0 aliphatic rings. The van der Waals surface area contributed by atoms with Gasteiger partial charge in [0, 0.05) is 16.7 Å². The van der Waals surface area contributed by atoms with Crippen LogP contribution in [0.5, 0.6) is 0 Å². The Labute approximate surface area is 125 Å². The van der Waals surface area contributed by atoms with Crippen molar-refractivity contribution in [3.8, 4) is 0 Å². The number of alkyl halides is 3. The number of hydrogen-bond acceptors (Lipinski definition) is 1. The third-order valence-corrected chi connectivity index (χ3v) is 3.42. The average Bonchev–Trinajstić information content (AvgIpc) is 2.40. The van der Waals surface area contributed by atoms with Crippen LogP contribution in [0.1, 0.15) is 11.1 Å². The van der Waals surface area contributed by atoms with E-state index in [0.717, 1.165) is 24.3 Å². The predicted molar refractivity (Wildman–Crippen MR) is 72.8 cm³/mol. The van der Waals surface area contributed by atoms with Gasteiger partial charge in [-0.05, 0) is 51.8 Å². The molecule has 0 aromatic heterocycles. The molecule has 2 rings (SSSR count). The van der Waals surface area contributed by atoms with Crippen LogP contribution in [0.15, 0.2) is 40.9 Å². The van der Waals surface area contributed by atoms with Gasteiger partial charge in [0.15, 0.2) is 11.6 Å². The van der Waals surface area contributed by atoms with E-state index in [0.29, 0.717) is 11.3 Å². The number of benzene rings is 2. The third kappa shape index (κ3) is 3.93. The van der Waals surface area contributed by atoms with Crippen LogP contribution >= 0.6 is 15.9 Å². The molecular formula is C14H9BrF5N. The molecule has 0 unspecified atom stereocenters. The molecule has 0 heterocycles. The Morgan fingerprint density at radius 2 is 1.67 bits per heavy atom. The number of hydrogen-bond donors (Lipinski definition) is 1. The second-order valence-corrected chi connectivity index (χ2v) is 5.15. The maximum Gasteiger partial charge on any atom is 0.416 e. The molecule has 0 atom stereocenters. The normalized spacial score (nSPS) is 11.5. The lowest BCUT2D eigenvalue weighted by atomic mass is 10.2. The van der Waals surface area contributed by atoms with Crippen molar-refractivity contribution in [2.45, 2.75) is 12.7 Å². The van der Waals surface area contributed by atoms with Crippen molar-refractivity contribution < 1.29 is 22.0 Å². The molecule has 0 spiro atoms. The van der Waals surface area contributed by atoms with E-state index < -0.39 is 23.4 Å². The summed E-state index contributed by atoms with van der Waals surface area (Å²) >= 11 is 3.04. The van der Waals surface area contributed by atoms with Gasteiger partial charge >= 0.3 is 6.18 Å². The second kappa shape index (κ2) is 6.01. The summed E-state index contributed by atoms with van der Waals surface area (Å²) in [6, 6.07) is 6.58. The van der Waals surface area contributed by atoms with Crippen molar-refractivity contribution in [1.29, 1.82) is 0 Å². The van der Waals surface area contributed by atoms with Gasteiger partial charge in [0.05, 0.1) is 5.56 Å². The Bertz CT molecular complexity index is 654. The Morgan fingerprint density at radius 3 is 2.24 bits per heavy atom. The molecule has 0 saturated carbocycles. The SMILES string of the molecule is Fc1ccc(CNc2ccc(C(F)(F)F)cc2Br)cc1F. The molecule has 1 N–H and O–H groups in total.